The molecule has 0 saturated heterocycles. The molecule has 0 rings (SSSR count). The summed E-state index contributed by atoms with van der Waals surface area (Å²) in [5.41, 5.74) is -0.607. The van der Waals surface area contributed by atoms with E-state index in [-0.39, 0.29) is 0 Å². The molecule has 0 heterocycles. The van der Waals surface area contributed by atoms with Gasteiger partial charge in [0.15, 0.2) is 0 Å². The molecule has 0 spiro atoms. The van der Waals surface area contributed by atoms with Gasteiger partial charge in [-0.2, -0.15) is 12.6 Å². The molecule has 0 aliphatic carbocycles. The van der Waals surface area contributed by atoms with E-state index in [1.165, 1.54) is 6.92 Å². The van der Waals surface area contributed by atoms with E-state index in [9.17, 15) is 9.59 Å². The van der Waals surface area contributed by atoms with Crippen molar-refractivity contribution in [3.05, 3.63) is 0 Å². The fourth-order valence-corrected chi connectivity index (χ4v) is 0.921. The highest BCUT2D eigenvalue weighted by molar-refractivity contribution is 7.81. The topological polar surface area (TPSA) is 75.6 Å². The summed E-state index contributed by atoms with van der Waals surface area (Å²) in [7, 11) is 0. The Bertz CT molecular complexity index is 249. The summed E-state index contributed by atoms with van der Waals surface area (Å²) in [5.74, 6) is -1.80. The molecule has 0 aromatic heterocycles. The van der Waals surface area contributed by atoms with Crippen LogP contribution < -0.4 is 5.32 Å². The van der Waals surface area contributed by atoms with Gasteiger partial charge in [0.05, 0.1) is 11.3 Å². The summed E-state index contributed by atoms with van der Waals surface area (Å²) in [5, 5.41) is 10.2. The summed E-state index contributed by atoms with van der Waals surface area (Å²) in [6, 6.07) is 0. The van der Waals surface area contributed by atoms with Crippen molar-refractivity contribution in [3.63, 3.8) is 0 Å². The molecular formula is C9H17NO4S. The predicted molar refractivity (Wildman–Crippen MR) is 58.9 cm³/mol. The van der Waals surface area contributed by atoms with E-state index in [4.69, 9.17) is 9.84 Å². The molecule has 0 saturated carbocycles. The van der Waals surface area contributed by atoms with Crippen LogP contribution in [0.15, 0.2) is 0 Å². The van der Waals surface area contributed by atoms with E-state index in [0.29, 0.717) is 0 Å². The second-order valence-electron chi connectivity index (χ2n) is 4.22. The number of aliphatic carboxylic acids is 1. The lowest BCUT2D eigenvalue weighted by atomic mass is 10.2. The molecule has 0 aromatic rings. The number of carbonyl (C=O) groups excluding carboxylic acids is 1. The molecule has 2 N–H and O–H groups in total. The summed E-state index contributed by atoms with van der Waals surface area (Å²) < 4.78 is 4.95. The van der Waals surface area contributed by atoms with Crippen LogP contribution in [0.1, 0.15) is 27.7 Å². The zero-order chi connectivity index (χ0) is 12.2. The van der Waals surface area contributed by atoms with Crippen molar-refractivity contribution < 1.29 is 19.4 Å². The Hall–Kier alpha value is -0.910. The van der Waals surface area contributed by atoms with Gasteiger partial charge in [-0.3, -0.25) is 4.79 Å². The maximum absolute atomic E-state index is 11.2. The van der Waals surface area contributed by atoms with Crippen LogP contribution in [0.3, 0.4) is 0 Å². The first kappa shape index (κ1) is 14.1. The van der Waals surface area contributed by atoms with Gasteiger partial charge in [-0.05, 0) is 27.7 Å². The fraction of sp³-hybridized carbons (Fsp3) is 0.778. The lowest BCUT2D eigenvalue weighted by Crippen LogP contribution is -2.41. The molecule has 15 heavy (non-hydrogen) atoms. The second-order valence-corrected chi connectivity index (χ2v) is 4.77. The highest BCUT2D eigenvalue weighted by Crippen LogP contribution is 2.10. The van der Waals surface area contributed by atoms with Gasteiger partial charge in [0.2, 0.25) is 0 Å². The predicted octanol–water partition coefficient (Wildman–Crippen LogP) is 1.49. The first-order valence-corrected chi connectivity index (χ1v) is 5.05. The molecule has 0 fully saturated rings. The van der Waals surface area contributed by atoms with Crippen molar-refractivity contribution in [2.75, 3.05) is 0 Å². The number of hydrogen-bond acceptors (Lipinski definition) is 4. The third kappa shape index (κ3) is 6.22. The summed E-state index contributed by atoms with van der Waals surface area (Å²) >= 11 is 3.96. The van der Waals surface area contributed by atoms with Gasteiger partial charge in [-0.25, -0.2) is 4.79 Å². The molecule has 2 atom stereocenters. The van der Waals surface area contributed by atoms with E-state index < -0.39 is 29.0 Å². The number of carboxylic acids is 1. The van der Waals surface area contributed by atoms with Gasteiger partial charge in [0.1, 0.15) is 5.60 Å². The number of rotatable bonds is 3. The van der Waals surface area contributed by atoms with Crippen LogP contribution in [0, 0.1) is 5.92 Å². The van der Waals surface area contributed by atoms with Crippen LogP contribution >= 0.6 is 12.6 Å². The van der Waals surface area contributed by atoms with E-state index in [1.807, 2.05) is 0 Å². The van der Waals surface area contributed by atoms with Gasteiger partial charge in [-0.1, -0.05) is 0 Å². The molecule has 1 amide bonds. The van der Waals surface area contributed by atoms with Gasteiger partial charge in [0, 0.05) is 0 Å². The van der Waals surface area contributed by atoms with E-state index in [2.05, 4.69) is 17.9 Å². The van der Waals surface area contributed by atoms with Crippen molar-refractivity contribution in [1.82, 2.24) is 5.32 Å². The van der Waals surface area contributed by atoms with Crippen molar-refractivity contribution in [2.45, 2.75) is 38.7 Å². The van der Waals surface area contributed by atoms with Gasteiger partial charge < -0.3 is 15.2 Å². The fourth-order valence-electron chi connectivity index (χ4n) is 0.688. The Balaban J connectivity index is 4.13. The standard InChI is InChI=1S/C9H17NO4S/c1-5(7(11)12)6(15)10-8(13)14-9(2,3)4/h5-6,15H,1-4H3,(H,10,13)(H,11,12). The Morgan fingerprint density at radius 2 is 1.87 bits per heavy atom. The molecule has 0 aromatic carbocycles. The normalized spacial score (nSPS) is 15.3. The summed E-state index contributed by atoms with van der Waals surface area (Å²) in [6.07, 6.45) is -0.671. The van der Waals surface area contributed by atoms with Gasteiger partial charge in [0.25, 0.3) is 0 Å². The molecule has 0 bridgehead atoms. The number of nitrogens with one attached hydrogen (secondary N) is 1. The first-order chi connectivity index (χ1) is 6.63. The Kier molecular flexibility index (Phi) is 4.93. The van der Waals surface area contributed by atoms with Crippen LogP contribution in [0.25, 0.3) is 0 Å². The third-order valence-corrected chi connectivity index (χ3v) is 2.10. The molecule has 0 radical (unpaired) electrons. The average Bonchev–Trinajstić information content (AvgIpc) is 1.98. The van der Waals surface area contributed by atoms with Crippen molar-refractivity contribution in [3.8, 4) is 0 Å². The molecule has 88 valence electrons. The van der Waals surface area contributed by atoms with Gasteiger partial charge in [-0.15, -0.1) is 0 Å². The number of carbonyl (C=O) groups is 2. The largest absolute Gasteiger partial charge is 0.481 e. The number of alkyl carbamates (subject to hydrolysis) is 1. The maximum Gasteiger partial charge on any atom is 0.408 e. The number of ether oxygens (including phenoxy) is 1. The molecule has 5 nitrogen and oxygen atoms in total. The van der Waals surface area contributed by atoms with Crippen LogP contribution in [-0.2, 0) is 9.53 Å². The first-order valence-electron chi connectivity index (χ1n) is 4.54. The quantitative estimate of drug-likeness (QED) is 0.511. The lowest BCUT2D eigenvalue weighted by molar-refractivity contribution is -0.141. The third-order valence-electron chi connectivity index (χ3n) is 1.53. The average molecular weight is 235 g/mol. The number of thiol groups is 1. The van der Waals surface area contributed by atoms with Crippen LogP contribution in [0.5, 0.6) is 0 Å². The van der Waals surface area contributed by atoms with Crippen LogP contribution in [-0.4, -0.2) is 28.1 Å². The lowest BCUT2D eigenvalue weighted by Gasteiger charge is -2.22. The summed E-state index contributed by atoms with van der Waals surface area (Å²) in [4.78, 5) is 21.8. The minimum atomic E-state index is -1.02. The van der Waals surface area contributed by atoms with Crippen LogP contribution in [0.4, 0.5) is 4.79 Å². The van der Waals surface area contributed by atoms with Crippen molar-refractivity contribution in [2.24, 2.45) is 5.92 Å². The van der Waals surface area contributed by atoms with E-state index >= 15 is 0 Å². The van der Waals surface area contributed by atoms with Crippen molar-refractivity contribution in [1.29, 1.82) is 0 Å². The Morgan fingerprint density at radius 3 is 2.20 bits per heavy atom. The minimum absolute atomic E-state index is 0.607. The Labute approximate surface area is 94.6 Å². The summed E-state index contributed by atoms with van der Waals surface area (Å²) in [6.45, 7) is 6.62. The van der Waals surface area contributed by atoms with Gasteiger partial charge >= 0.3 is 12.1 Å². The maximum atomic E-state index is 11.2. The molecule has 0 aliphatic rings. The Morgan fingerprint density at radius 1 is 1.40 bits per heavy atom. The number of amides is 1. The highest BCUT2D eigenvalue weighted by Gasteiger charge is 2.24. The zero-order valence-electron chi connectivity index (χ0n) is 9.27. The van der Waals surface area contributed by atoms with Crippen molar-refractivity contribution >= 4 is 24.7 Å². The SMILES string of the molecule is CC(C(=O)O)C(S)NC(=O)OC(C)(C)C. The van der Waals surface area contributed by atoms with Crippen LogP contribution in [0.2, 0.25) is 0 Å². The monoisotopic (exact) mass is 235 g/mol. The number of carboxylic acid groups (broad SMARTS) is 1. The second kappa shape index (κ2) is 5.25. The molecule has 0 aliphatic heterocycles. The van der Waals surface area contributed by atoms with E-state index in [0.717, 1.165) is 0 Å². The number of hydrogen-bond donors (Lipinski definition) is 3. The highest BCUT2D eigenvalue weighted by atomic mass is 32.1. The zero-order valence-corrected chi connectivity index (χ0v) is 10.2. The molecule has 2 unspecified atom stereocenters. The molecular weight excluding hydrogens is 218 g/mol. The molecule has 6 heteroatoms. The van der Waals surface area contributed by atoms with E-state index in [1.54, 1.807) is 20.8 Å². The minimum Gasteiger partial charge on any atom is -0.481 e. The smallest absolute Gasteiger partial charge is 0.408 e.